The second-order valence-corrected chi connectivity index (χ2v) is 9.98. The van der Waals surface area contributed by atoms with E-state index < -0.39 is 11.9 Å². The number of nitrogens with zero attached hydrogens (tertiary/aromatic N) is 4. The second-order valence-electron chi connectivity index (χ2n) is 9.98. The number of allylic oxidation sites excluding steroid dienone is 1. The molecule has 8 heteroatoms. The molecule has 0 N–H and O–H groups in total. The monoisotopic (exact) mass is 506 g/mol. The molecule has 0 radical (unpaired) electrons. The Bertz CT molecular complexity index is 1370. The number of alkyl halides is 3. The largest absolute Gasteiger partial charge is 0.435 e. The van der Waals surface area contributed by atoms with Crippen LogP contribution < -0.4 is 0 Å². The van der Waals surface area contributed by atoms with Crippen molar-refractivity contribution in [1.82, 2.24) is 14.8 Å². The quantitative estimate of drug-likeness (QED) is 0.398. The van der Waals surface area contributed by atoms with Crippen molar-refractivity contribution in [2.24, 2.45) is 11.0 Å². The zero-order valence-corrected chi connectivity index (χ0v) is 21.1. The van der Waals surface area contributed by atoms with Crippen LogP contribution in [-0.4, -0.2) is 26.4 Å². The third-order valence-electron chi connectivity index (χ3n) is 7.15. The summed E-state index contributed by atoms with van der Waals surface area (Å²) in [5.41, 5.74) is 5.59. The van der Waals surface area contributed by atoms with Gasteiger partial charge in [0, 0.05) is 11.6 Å². The van der Waals surface area contributed by atoms with Crippen molar-refractivity contribution < 1.29 is 18.0 Å². The Morgan fingerprint density at radius 1 is 1.03 bits per heavy atom. The lowest BCUT2D eigenvalue weighted by Crippen LogP contribution is -2.34. The van der Waals surface area contributed by atoms with Crippen molar-refractivity contribution in [3.63, 3.8) is 0 Å². The fraction of sp³-hybridized carbons (Fsp3) is 0.345. The summed E-state index contributed by atoms with van der Waals surface area (Å²) in [7, 11) is 0. The Morgan fingerprint density at radius 2 is 1.68 bits per heavy atom. The Hall–Kier alpha value is -3.68. The van der Waals surface area contributed by atoms with Gasteiger partial charge in [-0.25, -0.2) is 5.01 Å². The summed E-state index contributed by atoms with van der Waals surface area (Å²) < 4.78 is 40.7. The van der Waals surface area contributed by atoms with Crippen LogP contribution in [0.25, 0.3) is 6.08 Å². The highest BCUT2D eigenvalue weighted by Gasteiger charge is 2.44. The van der Waals surface area contributed by atoms with E-state index in [2.05, 4.69) is 35.4 Å². The number of halogens is 3. The van der Waals surface area contributed by atoms with Gasteiger partial charge in [0.2, 0.25) is 0 Å². The molecule has 1 saturated carbocycles. The van der Waals surface area contributed by atoms with Gasteiger partial charge in [0.1, 0.15) is 6.54 Å². The molecule has 37 heavy (non-hydrogen) atoms. The number of amides is 1. The van der Waals surface area contributed by atoms with Gasteiger partial charge in [0.15, 0.2) is 5.69 Å². The molecule has 2 aromatic carbocycles. The van der Waals surface area contributed by atoms with Crippen molar-refractivity contribution in [1.29, 1.82) is 0 Å². The Kier molecular flexibility index (Phi) is 6.52. The van der Waals surface area contributed by atoms with Gasteiger partial charge in [-0.1, -0.05) is 59.7 Å². The highest BCUT2D eigenvalue weighted by Crippen LogP contribution is 2.44. The number of aromatic nitrogens is 2. The van der Waals surface area contributed by atoms with E-state index in [4.69, 9.17) is 5.10 Å². The van der Waals surface area contributed by atoms with Gasteiger partial charge in [0.05, 0.1) is 11.8 Å². The van der Waals surface area contributed by atoms with Gasteiger partial charge in [-0.3, -0.25) is 9.48 Å². The zero-order chi connectivity index (χ0) is 26.3. The first kappa shape index (κ1) is 25.0. The highest BCUT2D eigenvalue weighted by atomic mass is 19.4. The molecule has 0 bridgehead atoms. The van der Waals surface area contributed by atoms with E-state index in [1.165, 1.54) is 17.5 Å². The number of hydrogen-bond acceptors (Lipinski definition) is 3. The normalized spacial score (nSPS) is 20.8. The average molecular weight is 507 g/mol. The van der Waals surface area contributed by atoms with Crippen molar-refractivity contribution in [3.05, 3.63) is 93.8 Å². The van der Waals surface area contributed by atoms with Gasteiger partial charge in [-0.15, -0.1) is 0 Å². The summed E-state index contributed by atoms with van der Waals surface area (Å²) in [6.45, 7) is 5.25. The Labute approximate surface area is 214 Å². The van der Waals surface area contributed by atoms with Gasteiger partial charge >= 0.3 is 6.18 Å². The van der Waals surface area contributed by atoms with Crippen LogP contribution in [0.1, 0.15) is 58.9 Å². The van der Waals surface area contributed by atoms with Crippen molar-refractivity contribution >= 4 is 17.7 Å². The third kappa shape index (κ3) is 5.10. The summed E-state index contributed by atoms with van der Waals surface area (Å²) in [5.74, 6) is -0.372. The standard InChI is InChI=1S/C29H29F3N4O/c1-18-7-11-21(12-8-18)16-23-5-4-6-24-27(23)34-36(28(24)22-13-9-19(2)10-14-22)26(37)17-35-20(3)15-25(33-35)29(30,31)32/h7-16,24,28H,4-6,17H2,1-3H3/b23-16-/t24-,28-/m1/s1. The molecule has 1 aromatic heterocycles. The molecular formula is C29H29F3N4O. The first-order valence-electron chi connectivity index (χ1n) is 12.5. The van der Waals surface area contributed by atoms with Crippen LogP contribution in [0, 0.1) is 26.7 Å². The number of benzene rings is 2. The number of rotatable bonds is 4. The molecule has 1 aliphatic heterocycles. The van der Waals surface area contributed by atoms with Gasteiger partial charge in [-0.05, 0) is 68.9 Å². The van der Waals surface area contributed by atoms with Crippen molar-refractivity contribution in [2.45, 2.75) is 58.8 Å². The maximum Gasteiger partial charge on any atom is 0.435 e. The molecule has 1 aliphatic carbocycles. The molecule has 5 nitrogen and oxygen atoms in total. The number of hydrazone groups is 1. The third-order valence-corrected chi connectivity index (χ3v) is 7.15. The highest BCUT2D eigenvalue weighted by molar-refractivity contribution is 6.08. The fourth-order valence-corrected chi connectivity index (χ4v) is 5.18. The van der Waals surface area contributed by atoms with E-state index >= 15 is 0 Å². The molecule has 1 amide bonds. The molecule has 5 rings (SSSR count). The van der Waals surface area contributed by atoms with Crippen LogP contribution in [0.3, 0.4) is 0 Å². The second kappa shape index (κ2) is 9.65. The maximum absolute atomic E-state index is 13.6. The molecule has 0 spiro atoms. The van der Waals surface area contributed by atoms with E-state index in [9.17, 15) is 18.0 Å². The smallest absolute Gasteiger partial charge is 0.271 e. The summed E-state index contributed by atoms with van der Waals surface area (Å²) in [5, 5.41) is 9.97. The minimum Gasteiger partial charge on any atom is -0.271 e. The topological polar surface area (TPSA) is 50.5 Å². The predicted molar refractivity (Wildman–Crippen MR) is 137 cm³/mol. The molecule has 2 atom stereocenters. The minimum absolute atomic E-state index is 0.0153. The van der Waals surface area contributed by atoms with Crippen molar-refractivity contribution in [2.75, 3.05) is 0 Å². The van der Waals surface area contributed by atoms with Crippen LogP contribution >= 0.6 is 0 Å². The van der Waals surface area contributed by atoms with E-state index in [0.717, 1.165) is 58.0 Å². The number of hydrogen-bond donors (Lipinski definition) is 0. The first-order chi connectivity index (χ1) is 17.6. The average Bonchev–Trinajstić information content (AvgIpc) is 3.43. The molecular weight excluding hydrogens is 477 g/mol. The molecule has 0 saturated heterocycles. The SMILES string of the molecule is Cc1ccc(/C=C2/CCC[C@@H]3C2=NN(C(=O)Cn2nc(C(F)(F)F)cc2C)[C@@H]3c2ccc(C)cc2)cc1. The summed E-state index contributed by atoms with van der Waals surface area (Å²) >= 11 is 0. The zero-order valence-electron chi connectivity index (χ0n) is 21.1. The predicted octanol–water partition coefficient (Wildman–Crippen LogP) is 6.65. The minimum atomic E-state index is -4.57. The van der Waals surface area contributed by atoms with Crippen molar-refractivity contribution in [3.8, 4) is 0 Å². The molecule has 0 unspecified atom stereocenters. The van der Waals surface area contributed by atoms with E-state index in [0.29, 0.717) is 0 Å². The molecule has 2 aliphatic rings. The number of carbonyl (C=O) groups excluding carboxylic acids is 1. The molecule has 2 heterocycles. The lowest BCUT2D eigenvalue weighted by molar-refractivity contribution is -0.142. The van der Waals surface area contributed by atoms with Crippen LogP contribution in [0.5, 0.6) is 0 Å². The lowest BCUT2D eigenvalue weighted by atomic mass is 9.77. The fourth-order valence-electron chi connectivity index (χ4n) is 5.18. The van der Waals surface area contributed by atoms with Crippen LogP contribution in [-0.2, 0) is 17.5 Å². The number of fused-ring (bicyclic) bond motifs is 1. The summed E-state index contributed by atoms with van der Waals surface area (Å²) in [6.07, 6.45) is 0.281. The van der Waals surface area contributed by atoms with Crippen LogP contribution in [0.4, 0.5) is 13.2 Å². The number of aryl methyl sites for hydroxylation is 3. The van der Waals surface area contributed by atoms with Crippen LogP contribution in [0.2, 0.25) is 0 Å². The maximum atomic E-state index is 13.6. The molecule has 3 aromatic rings. The van der Waals surface area contributed by atoms with E-state index in [-0.39, 0.29) is 30.1 Å². The van der Waals surface area contributed by atoms with Gasteiger partial charge < -0.3 is 0 Å². The van der Waals surface area contributed by atoms with Gasteiger partial charge in [0.25, 0.3) is 5.91 Å². The van der Waals surface area contributed by atoms with Gasteiger partial charge in [-0.2, -0.15) is 23.4 Å². The van der Waals surface area contributed by atoms with E-state index in [1.807, 2.05) is 38.1 Å². The van der Waals surface area contributed by atoms with E-state index in [1.54, 1.807) is 0 Å². The summed E-state index contributed by atoms with van der Waals surface area (Å²) in [4.78, 5) is 13.6. The molecule has 1 fully saturated rings. The Balaban J connectivity index is 1.51. The van der Waals surface area contributed by atoms with Crippen LogP contribution in [0.15, 0.2) is 65.3 Å². The first-order valence-corrected chi connectivity index (χ1v) is 12.5. The number of carbonyl (C=O) groups is 1. The summed E-state index contributed by atoms with van der Waals surface area (Å²) in [6, 6.07) is 17.0. The Morgan fingerprint density at radius 3 is 2.30 bits per heavy atom. The molecule has 192 valence electrons. The lowest BCUT2D eigenvalue weighted by Gasteiger charge is -2.29.